The summed E-state index contributed by atoms with van der Waals surface area (Å²) >= 11 is 0.0611. The second-order valence-electron chi connectivity index (χ2n) is 5.20. The zero-order valence-corrected chi connectivity index (χ0v) is 12.2. The molecular weight excluding hydrogens is 285 g/mol. The van der Waals surface area contributed by atoms with Gasteiger partial charge in [0.25, 0.3) is 0 Å². The lowest BCUT2D eigenvalue weighted by molar-refractivity contribution is -0.0329. The van der Waals surface area contributed by atoms with Crippen LogP contribution in [0.1, 0.15) is 12.5 Å². The van der Waals surface area contributed by atoms with Gasteiger partial charge in [0, 0.05) is 31.9 Å². The van der Waals surface area contributed by atoms with E-state index in [2.05, 4.69) is 29.3 Å². The number of hydrogen-bond acceptors (Lipinski definition) is 3. The minimum Gasteiger partial charge on any atom is -0.305 e. The number of benzene rings is 1. The Morgan fingerprint density at radius 3 is 2.65 bits per heavy atom. The molecule has 1 N–H and O–H groups in total. The lowest BCUT2D eigenvalue weighted by atomic mass is 9.90. The Morgan fingerprint density at radius 1 is 1.30 bits per heavy atom. The SMILES string of the molecule is CC1(c2ccccc2)CN(CCSC(F)(F)F)CCN1. The monoisotopic (exact) mass is 304 g/mol. The summed E-state index contributed by atoms with van der Waals surface area (Å²) in [5, 5.41) is 3.48. The minimum atomic E-state index is -4.13. The quantitative estimate of drug-likeness (QED) is 0.920. The standard InChI is InChI=1S/C14H19F3N2S/c1-13(12-5-3-2-4-6-12)11-19(8-7-18-13)9-10-20-14(15,16)17/h2-6,18H,7-11H2,1H3. The minimum absolute atomic E-state index is 0.0611. The van der Waals surface area contributed by atoms with Gasteiger partial charge in [0.2, 0.25) is 0 Å². The van der Waals surface area contributed by atoms with Crippen molar-refractivity contribution in [3.63, 3.8) is 0 Å². The summed E-state index contributed by atoms with van der Waals surface area (Å²) in [7, 11) is 0. The van der Waals surface area contributed by atoms with E-state index in [9.17, 15) is 13.2 Å². The Morgan fingerprint density at radius 2 is 2.00 bits per heavy atom. The maximum absolute atomic E-state index is 12.2. The molecule has 0 radical (unpaired) electrons. The predicted octanol–water partition coefficient (Wildman–Crippen LogP) is 3.06. The van der Waals surface area contributed by atoms with Gasteiger partial charge >= 0.3 is 5.51 Å². The molecule has 0 bridgehead atoms. The molecule has 1 aromatic carbocycles. The lowest BCUT2D eigenvalue weighted by Crippen LogP contribution is -2.57. The molecule has 1 unspecified atom stereocenters. The Hall–Kier alpha value is -0.720. The highest BCUT2D eigenvalue weighted by atomic mass is 32.2. The van der Waals surface area contributed by atoms with Crippen molar-refractivity contribution in [3.05, 3.63) is 35.9 Å². The summed E-state index contributed by atoms with van der Waals surface area (Å²) in [4.78, 5) is 2.10. The fourth-order valence-corrected chi connectivity index (χ4v) is 3.13. The average Bonchev–Trinajstić information content (AvgIpc) is 2.38. The first-order valence-corrected chi connectivity index (χ1v) is 7.61. The molecule has 2 rings (SSSR count). The maximum Gasteiger partial charge on any atom is 0.441 e. The van der Waals surface area contributed by atoms with Crippen molar-refractivity contribution in [3.8, 4) is 0 Å². The van der Waals surface area contributed by atoms with Crippen LogP contribution in [-0.2, 0) is 5.54 Å². The van der Waals surface area contributed by atoms with Crippen molar-refractivity contribution >= 4 is 11.8 Å². The zero-order chi connectivity index (χ0) is 14.6. The average molecular weight is 304 g/mol. The van der Waals surface area contributed by atoms with E-state index >= 15 is 0 Å². The number of halogens is 3. The van der Waals surface area contributed by atoms with Crippen LogP contribution in [0.3, 0.4) is 0 Å². The van der Waals surface area contributed by atoms with Crippen LogP contribution < -0.4 is 5.32 Å². The molecule has 20 heavy (non-hydrogen) atoms. The summed E-state index contributed by atoms with van der Waals surface area (Å²) in [5.41, 5.74) is -3.15. The third kappa shape index (κ3) is 4.40. The predicted molar refractivity (Wildman–Crippen MR) is 76.7 cm³/mol. The normalized spacial score (nSPS) is 24.8. The van der Waals surface area contributed by atoms with E-state index in [0.717, 1.165) is 19.6 Å². The molecule has 0 saturated carbocycles. The van der Waals surface area contributed by atoms with E-state index in [1.54, 1.807) is 0 Å². The van der Waals surface area contributed by atoms with E-state index in [-0.39, 0.29) is 23.1 Å². The number of hydrogen-bond donors (Lipinski definition) is 1. The highest BCUT2D eigenvalue weighted by molar-refractivity contribution is 8.00. The van der Waals surface area contributed by atoms with Crippen LogP contribution in [0, 0.1) is 0 Å². The third-order valence-corrected chi connectivity index (χ3v) is 4.28. The Balaban J connectivity index is 1.91. The summed E-state index contributed by atoms with van der Waals surface area (Å²) in [5.74, 6) is 0.0916. The number of nitrogens with one attached hydrogen (secondary N) is 1. The molecule has 0 spiro atoms. The van der Waals surface area contributed by atoms with Crippen molar-refractivity contribution in [1.82, 2.24) is 10.2 Å². The third-order valence-electron chi connectivity index (χ3n) is 3.57. The second-order valence-corrected chi connectivity index (χ2v) is 6.36. The number of rotatable bonds is 4. The van der Waals surface area contributed by atoms with Crippen LogP contribution in [0.2, 0.25) is 0 Å². The topological polar surface area (TPSA) is 15.3 Å². The highest BCUT2D eigenvalue weighted by Gasteiger charge is 2.33. The zero-order valence-electron chi connectivity index (χ0n) is 11.4. The molecule has 6 heteroatoms. The number of alkyl halides is 3. The van der Waals surface area contributed by atoms with Gasteiger partial charge < -0.3 is 5.32 Å². The molecule has 1 aromatic rings. The van der Waals surface area contributed by atoms with Gasteiger partial charge in [-0.05, 0) is 24.2 Å². The van der Waals surface area contributed by atoms with Gasteiger partial charge in [-0.15, -0.1) is 0 Å². The first-order chi connectivity index (χ1) is 9.39. The van der Waals surface area contributed by atoms with Gasteiger partial charge in [-0.25, -0.2) is 0 Å². The van der Waals surface area contributed by atoms with Gasteiger partial charge in [0.1, 0.15) is 0 Å². The van der Waals surface area contributed by atoms with E-state index in [4.69, 9.17) is 0 Å². The van der Waals surface area contributed by atoms with E-state index in [1.807, 2.05) is 18.2 Å². The molecular formula is C14H19F3N2S. The molecule has 1 fully saturated rings. The van der Waals surface area contributed by atoms with Gasteiger partial charge in [0.05, 0.1) is 5.54 Å². The van der Waals surface area contributed by atoms with Crippen molar-refractivity contribution in [2.75, 3.05) is 31.9 Å². The summed E-state index contributed by atoms with van der Waals surface area (Å²) < 4.78 is 36.5. The molecule has 112 valence electrons. The molecule has 2 nitrogen and oxygen atoms in total. The molecule has 0 aromatic heterocycles. The molecule has 1 aliphatic heterocycles. The van der Waals surface area contributed by atoms with Crippen LogP contribution in [0.4, 0.5) is 13.2 Å². The molecule has 0 aliphatic carbocycles. The van der Waals surface area contributed by atoms with Crippen molar-refractivity contribution < 1.29 is 13.2 Å². The number of nitrogens with zero attached hydrogens (tertiary/aromatic N) is 1. The molecule has 1 atom stereocenters. The Labute approximate surface area is 121 Å². The first-order valence-electron chi connectivity index (χ1n) is 6.63. The molecule has 1 aliphatic rings. The lowest BCUT2D eigenvalue weighted by Gasteiger charge is -2.42. The molecule has 0 amide bonds. The fourth-order valence-electron chi connectivity index (χ4n) is 2.55. The van der Waals surface area contributed by atoms with E-state index in [0.29, 0.717) is 6.54 Å². The smallest absolute Gasteiger partial charge is 0.305 e. The largest absolute Gasteiger partial charge is 0.441 e. The van der Waals surface area contributed by atoms with Gasteiger partial charge in [-0.3, -0.25) is 4.90 Å². The molecule has 1 heterocycles. The van der Waals surface area contributed by atoms with Gasteiger partial charge in [0.15, 0.2) is 0 Å². The van der Waals surface area contributed by atoms with Gasteiger partial charge in [-0.1, -0.05) is 30.3 Å². The van der Waals surface area contributed by atoms with Crippen molar-refractivity contribution in [2.45, 2.75) is 18.0 Å². The van der Waals surface area contributed by atoms with E-state index in [1.165, 1.54) is 5.56 Å². The van der Waals surface area contributed by atoms with Crippen molar-refractivity contribution in [2.24, 2.45) is 0 Å². The Bertz CT molecular complexity index is 424. The van der Waals surface area contributed by atoms with E-state index < -0.39 is 5.51 Å². The highest BCUT2D eigenvalue weighted by Crippen LogP contribution is 2.30. The summed E-state index contributed by atoms with van der Waals surface area (Å²) in [6.07, 6.45) is 0. The van der Waals surface area contributed by atoms with Crippen LogP contribution in [0.15, 0.2) is 30.3 Å². The first kappa shape index (κ1) is 15.7. The summed E-state index contributed by atoms with van der Waals surface area (Å²) in [6.45, 7) is 4.89. The maximum atomic E-state index is 12.2. The van der Waals surface area contributed by atoms with Crippen LogP contribution >= 0.6 is 11.8 Å². The fraction of sp³-hybridized carbons (Fsp3) is 0.571. The van der Waals surface area contributed by atoms with Crippen LogP contribution in [0.5, 0.6) is 0 Å². The van der Waals surface area contributed by atoms with Gasteiger partial charge in [-0.2, -0.15) is 13.2 Å². The van der Waals surface area contributed by atoms with Crippen LogP contribution in [-0.4, -0.2) is 42.3 Å². The number of piperazine rings is 1. The molecule has 1 saturated heterocycles. The van der Waals surface area contributed by atoms with Crippen LogP contribution in [0.25, 0.3) is 0 Å². The second kappa shape index (κ2) is 6.37. The number of thioether (sulfide) groups is 1. The Kier molecular flexibility index (Phi) is 4.99. The van der Waals surface area contributed by atoms with Crippen molar-refractivity contribution in [1.29, 1.82) is 0 Å². The summed E-state index contributed by atoms with van der Waals surface area (Å²) in [6, 6.07) is 10.1.